The van der Waals surface area contributed by atoms with Gasteiger partial charge in [-0.15, -0.1) is 0 Å². The lowest BCUT2D eigenvalue weighted by Crippen LogP contribution is -2.60. The maximum atomic E-state index is 12.4. The van der Waals surface area contributed by atoms with E-state index in [4.69, 9.17) is 23.7 Å². The average Bonchev–Trinajstić information content (AvgIpc) is 2.96. The third kappa shape index (κ3) is 15.6. The van der Waals surface area contributed by atoms with Gasteiger partial charge >= 0.3 is 17.9 Å². The topological polar surface area (TPSA) is 175 Å². The highest BCUT2D eigenvalue weighted by atomic mass is 16.6. The van der Waals surface area contributed by atoms with Crippen LogP contribution in [0.25, 0.3) is 10.4 Å². The molecule has 1 aliphatic heterocycles. The fourth-order valence-electron chi connectivity index (χ4n) is 4.95. The van der Waals surface area contributed by atoms with Crippen LogP contribution in [-0.4, -0.2) is 74.5 Å². The van der Waals surface area contributed by atoms with Gasteiger partial charge in [0.25, 0.3) is 0 Å². The number of amides is 1. The highest BCUT2D eigenvalue weighted by Crippen LogP contribution is 2.28. The predicted molar refractivity (Wildman–Crippen MR) is 159 cm³/mol. The van der Waals surface area contributed by atoms with Crippen molar-refractivity contribution in [3.63, 3.8) is 0 Å². The first-order valence-electron chi connectivity index (χ1n) is 15.3. The molecular weight excluding hydrogens is 560 g/mol. The molecule has 0 bridgehead atoms. The molecule has 1 aliphatic rings. The highest BCUT2D eigenvalue weighted by Gasteiger charge is 2.46. The first-order valence-corrected chi connectivity index (χ1v) is 15.3. The molecule has 0 saturated carbocycles. The summed E-state index contributed by atoms with van der Waals surface area (Å²) in [5, 5.41) is 6.43. The molecule has 0 spiro atoms. The standard InChI is InChI=1S/C30H50N4O9/c1-6-7-8-9-10-11-12-13-14-15-16-17-18-40-28(26(42-23(4)37)20-41-22(3)36)29-27(32-21(2)35)24(33-34-31)19-25(43-29)30(38)39-5/h19,24,26-29H,6-18,20H2,1-5H3,(H,32,35)/t24-,26+,27+,28+,29+/m0/s1. The summed E-state index contributed by atoms with van der Waals surface area (Å²) in [6, 6.07) is -2.07. The molecule has 0 saturated heterocycles. The summed E-state index contributed by atoms with van der Waals surface area (Å²) in [6.45, 7) is 5.76. The quantitative estimate of drug-likeness (QED) is 0.0431. The van der Waals surface area contributed by atoms with E-state index in [2.05, 4.69) is 22.3 Å². The Morgan fingerprint density at radius 2 is 1.53 bits per heavy atom. The van der Waals surface area contributed by atoms with E-state index in [0.29, 0.717) is 6.42 Å². The summed E-state index contributed by atoms with van der Waals surface area (Å²) < 4.78 is 27.6. The molecule has 1 rings (SSSR count). The average molecular weight is 611 g/mol. The second kappa shape index (κ2) is 22.3. The van der Waals surface area contributed by atoms with Crippen LogP contribution in [0.4, 0.5) is 0 Å². The van der Waals surface area contributed by atoms with E-state index in [-0.39, 0.29) is 19.0 Å². The van der Waals surface area contributed by atoms with Crippen molar-refractivity contribution in [2.45, 2.75) is 135 Å². The number of hydrogen-bond acceptors (Lipinski definition) is 10. The van der Waals surface area contributed by atoms with Crippen molar-refractivity contribution >= 4 is 23.8 Å². The molecule has 0 aromatic rings. The minimum Gasteiger partial charge on any atom is -0.478 e. The van der Waals surface area contributed by atoms with Crippen LogP contribution in [0, 0.1) is 0 Å². The molecule has 5 atom stereocenters. The zero-order chi connectivity index (χ0) is 32.0. The molecule has 43 heavy (non-hydrogen) atoms. The number of ether oxygens (including phenoxy) is 5. The maximum Gasteiger partial charge on any atom is 0.372 e. The molecule has 0 aliphatic carbocycles. The van der Waals surface area contributed by atoms with Gasteiger partial charge in [0.05, 0.1) is 19.2 Å². The number of nitrogens with zero attached hydrogens (tertiary/aromatic N) is 3. The number of methoxy groups -OCH3 is 1. The van der Waals surface area contributed by atoms with Crippen LogP contribution < -0.4 is 5.32 Å². The van der Waals surface area contributed by atoms with Gasteiger partial charge in [0.15, 0.2) is 6.10 Å². The van der Waals surface area contributed by atoms with Crippen molar-refractivity contribution in [3.8, 4) is 0 Å². The highest BCUT2D eigenvalue weighted by molar-refractivity contribution is 5.86. The minimum absolute atomic E-state index is 0.232. The fraction of sp³-hybridized carbons (Fsp3) is 0.800. The van der Waals surface area contributed by atoms with Gasteiger partial charge < -0.3 is 29.0 Å². The Labute approximate surface area is 255 Å². The summed E-state index contributed by atoms with van der Waals surface area (Å²) in [5.74, 6) is -2.84. The van der Waals surface area contributed by atoms with Crippen LogP contribution in [-0.2, 0) is 42.9 Å². The molecule has 1 N–H and O–H groups in total. The lowest BCUT2D eigenvalue weighted by molar-refractivity contribution is -0.182. The normalized spacial score (nSPS) is 19.1. The number of azide groups is 1. The summed E-state index contributed by atoms with van der Waals surface area (Å²) in [7, 11) is 1.16. The lowest BCUT2D eigenvalue weighted by Gasteiger charge is -2.41. The van der Waals surface area contributed by atoms with Gasteiger partial charge in [-0.1, -0.05) is 82.7 Å². The Morgan fingerprint density at radius 3 is 2.02 bits per heavy atom. The van der Waals surface area contributed by atoms with Crippen molar-refractivity contribution in [2.24, 2.45) is 5.11 Å². The summed E-state index contributed by atoms with van der Waals surface area (Å²) in [6.07, 6.45) is 11.7. The van der Waals surface area contributed by atoms with Crippen molar-refractivity contribution in [2.75, 3.05) is 20.3 Å². The molecule has 1 heterocycles. The van der Waals surface area contributed by atoms with Gasteiger partial charge in [0.1, 0.15) is 18.8 Å². The molecule has 1 amide bonds. The van der Waals surface area contributed by atoms with Gasteiger partial charge in [-0.2, -0.15) is 0 Å². The second-order valence-electron chi connectivity index (χ2n) is 10.7. The van der Waals surface area contributed by atoms with Crippen LogP contribution in [0.5, 0.6) is 0 Å². The van der Waals surface area contributed by atoms with E-state index >= 15 is 0 Å². The Kier molecular flexibility index (Phi) is 19.5. The molecule has 13 heteroatoms. The Bertz CT molecular complexity index is 952. The largest absolute Gasteiger partial charge is 0.478 e. The number of hydrogen-bond donors (Lipinski definition) is 1. The van der Waals surface area contributed by atoms with Crippen molar-refractivity contribution in [1.82, 2.24) is 5.32 Å². The Morgan fingerprint density at radius 1 is 0.953 bits per heavy atom. The minimum atomic E-state index is -1.18. The third-order valence-electron chi connectivity index (χ3n) is 7.02. The van der Waals surface area contributed by atoms with Crippen molar-refractivity contribution < 1.29 is 42.9 Å². The number of carbonyl (C=O) groups excluding carboxylic acids is 4. The molecule has 0 unspecified atom stereocenters. The van der Waals surface area contributed by atoms with Crippen molar-refractivity contribution in [3.05, 3.63) is 22.3 Å². The summed E-state index contributed by atoms with van der Waals surface area (Å²) >= 11 is 0. The Hall–Kier alpha value is -3.31. The van der Waals surface area contributed by atoms with E-state index in [9.17, 15) is 24.7 Å². The number of esters is 3. The van der Waals surface area contributed by atoms with Gasteiger partial charge in [-0.3, -0.25) is 14.4 Å². The van der Waals surface area contributed by atoms with E-state index in [1.54, 1.807) is 0 Å². The van der Waals surface area contributed by atoms with Crippen LogP contribution in [0.15, 0.2) is 16.9 Å². The van der Waals surface area contributed by atoms with Crippen LogP contribution in [0.2, 0.25) is 0 Å². The fourth-order valence-corrected chi connectivity index (χ4v) is 4.95. The van der Waals surface area contributed by atoms with Gasteiger partial charge in [0, 0.05) is 32.3 Å². The van der Waals surface area contributed by atoms with Crippen LogP contribution >= 0.6 is 0 Å². The zero-order valence-electron chi connectivity index (χ0n) is 26.4. The van der Waals surface area contributed by atoms with Gasteiger partial charge in [0.2, 0.25) is 11.7 Å². The number of nitrogens with one attached hydrogen (secondary N) is 1. The van der Waals surface area contributed by atoms with E-state index < -0.39 is 54.2 Å². The van der Waals surface area contributed by atoms with Crippen LogP contribution in [0.1, 0.15) is 105 Å². The van der Waals surface area contributed by atoms with Gasteiger partial charge in [-0.25, -0.2) is 4.79 Å². The summed E-state index contributed by atoms with van der Waals surface area (Å²) in [4.78, 5) is 51.1. The zero-order valence-corrected chi connectivity index (χ0v) is 26.4. The molecule has 244 valence electrons. The lowest BCUT2D eigenvalue weighted by atomic mass is 9.92. The molecule has 0 radical (unpaired) electrons. The molecular formula is C30H50N4O9. The van der Waals surface area contributed by atoms with E-state index in [1.807, 2.05) is 0 Å². The second-order valence-corrected chi connectivity index (χ2v) is 10.7. The first kappa shape index (κ1) is 37.7. The van der Waals surface area contributed by atoms with Crippen LogP contribution in [0.3, 0.4) is 0 Å². The molecule has 0 aromatic heterocycles. The number of unbranched alkanes of at least 4 members (excludes halogenated alkanes) is 11. The Balaban J connectivity index is 3.02. The predicted octanol–water partition coefficient (Wildman–Crippen LogP) is 5.21. The van der Waals surface area contributed by atoms with E-state index in [0.717, 1.165) is 26.4 Å². The first-order chi connectivity index (χ1) is 20.6. The maximum absolute atomic E-state index is 12.4. The molecule has 0 aromatic carbocycles. The number of rotatable bonds is 22. The SMILES string of the molecule is CCCCCCCCCCCCCCO[C@@H]([C@@H]1OC(C(=O)OC)=C[C@H](N=[N+]=[N-])[C@H]1NC(C)=O)[C@@H](COC(C)=O)OC(C)=O. The van der Waals surface area contributed by atoms with E-state index in [1.165, 1.54) is 78.2 Å². The number of carbonyl (C=O) groups is 4. The summed E-state index contributed by atoms with van der Waals surface area (Å²) in [5.41, 5.74) is 9.19. The van der Waals surface area contributed by atoms with Gasteiger partial charge in [-0.05, 0) is 18.0 Å². The monoisotopic (exact) mass is 610 g/mol. The smallest absolute Gasteiger partial charge is 0.372 e. The third-order valence-corrected chi connectivity index (χ3v) is 7.02. The van der Waals surface area contributed by atoms with Crippen molar-refractivity contribution in [1.29, 1.82) is 0 Å². The molecule has 0 fully saturated rings. The molecule has 13 nitrogen and oxygen atoms in total.